The summed E-state index contributed by atoms with van der Waals surface area (Å²) in [6.07, 6.45) is 1.47. The highest BCUT2D eigenvalue weighted by Crippen LogP contribution is 2.17. The standard InChI is InChI=1S/C9H14N2O/c1-6-7(2)9(5-10-12)11(4)8(6)3/h5,12H,1-4H3. The van der Waals surface area contributed by atoms with Crippen LogP contribution in [0.1, 0.15) is 22.5 Å². The van der Waals surface area contributed by atoms with E-state index in [9.17, 15) is 0 Å². The molecule has 66 valence electrons. The number of hydrogen-bond acceptors (Lipinski definition) is 2. The van der Waals surface area contributed by atoms with E-state index in [-0.39, 0.29) is 0 Å². The summed E-state index contributed by atoms with van der Waals surface area (Å²) >= 11 is 0. The zero-order chi connectivity index (χ0) is 9.30. The van der Waals surface area contributed by atoms with Crippen LogP contribution in [0, 0.1) is 20.8 Å². The fraction of sp³-hybridized carbons (Fsp3) is 0.444. The van der Waals surface area contributed by atoms with Gasteiger partial charge in [-0.3, -0.25) is 0 Å². The van der Waals surface area contributed by atoms with Gasteiger partial charge in [0.2, 0.25) is 0 Å². The lowest BCUT2D eigenvalue weighted by molar-refractivity contribution is 0.321. The molecular formula is C9H14N2O. The largest absolute Gasteiger partial charge is 0.411 e. The Bertz CT molecular complexity index is 298. The Morgan fingerprint density at radius 1 is 1.25 bits per heavy atom. The van der Waals surface area contributed by atoms with Gasteiger partial charge >= 0.3 is 0 Å². The Morgan fingerprint density at radius 3 is 2.17 bits per heavy atom. The van der Waals surface area contributed by atoms with Crippen LogP contribution in [-0.4, -0.2) is 16.0 Å². The van der Waals surface area contributed by atoms with Gasteiger partial charge in [0, 0.05) is 12.7 Å². The number of hydrogen-bond donors (Lipinski definition) is 1. The summed E-state index contributed by atoms with van der Waals surface area (Å²) < 4.78 is 2.02. The maximum atomic E-state index is 8.42. The van der Waals surface area contributed by atoms with Gasteiger partial charge in [-0.25, -0.2) is 0 Å². The Balaban J connectivity index is 3.37. The molecule has 3 nitrogen and oxygen atoms in total. The summed E-state index contributed by atoms with van der Waals surface area (Å²) in [7, 11) is 1.96. The minimum absolute atomic E-state index is 0.965. The molecule has 0 spiro atoms. The molecule has 0 fully saturated rings. The van der Waals surface area contributed by atoms with Crippen molar-refractivity contribution in [1.29, 1.82) is 0 Å². The molecule has 0 bridgehead atoms. The van der Waals surface area contributed by atoms with E-state index in [0.29, 0.717) is 0 Å². The van der Waals surface area contributed by atoms with Crippen molar-refractivity contribution in [2.24, 2.45) is 12.2 Å². The summed E-state index contributed by atoms with van der Waals surface area (Å²) in [5.41, 5.74) is 4.61. The maximum Gasteiger partial charge on any atom is 0.0901 e. The number of aromatic nitrogens is 1. The smallest absolute Gasteiger partial charge is 0.0901 e. The number of oxime groups is 1. The first-order chi connectivity index (χ1) is 5.59. The van der Waals surface area contributed by atoms with Crippen molar-refractivity contribution in [2.75, 3.05) is 0 Å². The van der Waals surface area contributed by atoms with Gasteiger partial charge < -0.3 is 9.77 Å². The van der Waals surface area contributed by atoms with Crippen molar-refractivity contribution in [3.8, 4) is 0 Å². The molecule has 3 heteroatoms. The molecule has 1 N–H and O–H groups in total. The first-order valence-electron chi connectivity index (χ1n) is 3.89. The van der Waals surface area contributed by atoms with E-state index in [4.69, 9.17) is 5.21 Å². The average molecular weight is 166 g/mol. The zero-order valence-corrected chi connectivity index (χ0v) is 7.92. The molecule has 0 atom stereocenters. The van der Waals surface area contributed by atoms with Crippen molar-refractivity contribution in [3.63, 3.8) is 0 Å². The third kappa shape index (κ3) is 1.11. The van der Waals surface area contributed by atoms with E-state index in [2.05, 4.69) is 19.0 Å². The molecule has 0 saturated carbocycles. The van der Waals surface area contributed by atoms with E-state index < -0.39 is 0 Å². The predicted octanol–water partition coefficient (Wildman–Crippen LogP) is 1.76. The summed E-state index contributed by atoms with van der Waals surface area (Å²) in [4.78, 5) is 0. The lowest BCUT2D eigenvalue weighted by Gasteiger charge is -1.98. The first-order valence-corrected chi connectivity index (χ1v) is 3.89. The van der Waals surface area contributed by atoms with E-state index in [0.717, 1.165) is 5.69 Å². The second-order valence-corrected chi connectivity index (χ2v) is 3.02. The van der Waals surface area contributed by atoms with Gasteiger partial charge in [-0.1, -0.05) is 5.16 Å². The highest BCUT2D eigenvalue weighted by Gasteiger charge is 2.09. The van der Waals surface area contributed by atoms with Gasteiger partial charge in [-0.05, 0) is 31.9 Å². The van der Waals surface area contributed by atoms with Crippen molar-refractivity contribution in [1.82, 2.24) is 4.57 Å². The van der Waals surface area contributed by atoms with Gasteiger partial charge in [0.05, 0.1) is 11.9 Å². The molecule has 0 aliphatic rings. The van der Waals surface area contributed by atoms with Crippen LogP contribution >= 0.6 is 0 Å². The number of rotatable bonds is 1. The first kappa shape index (κ1) is 8.84. The summed E-state index contributed by atoms with van der Waals surface area (Å²) in [5.74, 6) is 0. The Labute approximate surface area is 72.3 Å². The van der Waals surface area contributed by atoms with Gasteiger partial charge in [-0.15, -0.1) is 0 Å². The Kier molecular flexibility index (Phi) is 2.22. The highest BCUT2D eigenvalue weighted by atomic mass is 16.4. The van der Waals surface area contributed by atoms with Gasteiger partial charge in [0.1, 0.15) is 0 Å². The number of nitrogens with zero attached hydrogens (tertiary/aromatic N) is 2. The normalized spacial score (nSPS) is 11.3. The third-order valence-electron chi connectivity index (χ3n) is 2.53. The van der Waals surface area contributed by atoms with E-state index in [1.54, 1.807) is 0 Å². The van der Waals surface area contributed by atoms with Crippen LogP contribution in [0.5, 0.6) is 0 Å². The lowest BCUT2D eigenvalue weighted by Crippen LogP contribution is -1.97. The van der Waals surface area contributed by atoms with Gasteiger partial charge in [-0.2, -0.15) is 0 Å². The molecule has 1 aromatic heterocycles. The molecule has 0 unspecified atom stereocenters. The minimum Gasteiger partial charge on any atom is -0.411 e. The topological polar surface area (TPSA) is 37.5 Å². The molecule has 0 aliphatic heterocycles. The maximum absolute atomic E-state index is 8.42. The second-order valence-electron chi connectivity index (χ2n) is 3.02. The molecule has 1 rings (SSSR count). The SMILES string of the molecule is Cc1c(C)c(C=NO)n(C)c1C. The van der Waals surface area contributed by atoms with E-state index in [1.807, 2.05) is 18.5 Å². The lowest BCUT2D eigenvalue weighted by atomic mass is 10.1. The molecular weight excluding hydrogens is 152 g/mol. The third-order valence-corrected chi connectivity index (χ3v) is 2.53. The summed E-state index contributed by atoms with van der Waals surface area (Å²) in [6, 6.07) is 0. The van der Waals surface area contributed by atoms with Crippen LogP contribution in [0.4, 0.5) is 0 Å². The van der Waals surface area contributed by atoms with Crippen molar-refractivity contribution < 1.29 is 5.21 Å². The zero-order valence-electron chi connectivity index (χ0n) is 7.92. The molecule has 0 saturated heterocycles. The summed E-state index contributed by atoms with van der Waals surface area (Å²) in [6.45, 7) is 6.15. The highest BCUT2D eigenvalue weighted by molar-refractivity contribution is 5.80. The fourth-order valence-corrected chi connectivity index (χ4v) is 1.39. The molecule has 0 radical (unpaired) electrons. The van der Waals surface area contributed by atoms with Crippen molar-refractivity contribution in [3.05, 3.63) is 22.5 Å². The van der Waals surface area contributed by atoms with Crippen LogP contribution in [0.3, 0.4) is 0 Å². The molecule has 0 aliphatic carbocycles. The summed E-state index contributed by atoms with van der Waals surface area (Å²) in [5, 5.41) is 11.5. The Morgan fingerprint density at radius 2 is 1.83 bits per heavy atom. The van der Waals surface area contributed by atoms with Crippen molar-refractivity contribution >= 4 is 6.21 Å². The van der Waals surface area contributed by atoms with Crippen molar-refractivity contribution in [2.45, 2.75) is 20.8 Å². The average Bonchev–Trinajstić information content (AvgIpc) is 2.23. The minimum atomic E-state index is 0.965. The van der Waals surface area contributed by atoms with Crippen LogP contribution in [0.15, 0.2) is 5.16 Å². The predicted molar refractivity (Wildman–Crippen MR) is 49.0 cm³/mol. The fourth-order valence-electron chi connectivity index (χ4n) is 1.39. The van der Waals surface area contributed by atoms with E-state index in [1.165, 1.54) is 23.0 Å². The quantitative estimate of drug-likeness (QED) is 0.385. The molecule has 0 aromatic carbocycles. The van der Waals surface area contributed by atoms with Gasteiger partial charge in [0.15, 0.2) is 0 Å². The van der Waals surface area contributed by atoms with Crippen LogP contribution in [-0.2, 0) is 7.05 Å². The van der Waals surface area contributed by atoms with Gasteiger partial charge in [0.25, 0.3) is 0 Å². The van der Waals surface area contributed by atoms with Crippen LogP contribution < -0.4 is 0 Å². The molecule has 1 heterocycles. The van der Waals surface area contributed by atoms with Crippen LogP contribution in [0.25, 0.3) is 0 Å². The second kappa shape index (κ2) is 3.01. The Hall–Kier alpha value is -1.25. The molecule has 12 heavy (non-hydrogen) atoms. The monoisotopic (exact) mass is 166 g/mol. The van der Waals surface area contributed by atoms with Crippen LogP contribution in [0.2, 0.25) is 0 Å². The van der Waals surface area contributed by atoms with E-state index >= 15 is 0 Å². The molecule has 0 amide bonds. The molecule has 1 aromatic rings.